The molecule has 1 aliphatic heterocycles. The normalized spacial score (nSPS) is 14.6. The van der Waals surface area contributed by atoms with E-state index in [9.17, 15) is 13.2 Å². The Morgan fingerprint density at radius 1 is 0.939 bits per heavy atom. The lowest BCUT2D eigenvalue weighted by molar-refractivity contribution is -0.274. The fourth-order valence-electron chi connectivity index (χ4n) is 3.66. The van der Waals surface area contributed by atoms with Gasteiger partial charge in [-0.2, -0.15) is 0 Å². The number of anilines is 2. The standard InChI is InChI=1S/C24H25F3N4O2/c25-24(26,27)33-21-6-4-5-18(17-21)23-28-12-11-22(30-23)29-19-7-9-20(10-8-19)32-16-15-31-13-2-1-3-14-31/h4-12,17H,1-3,13-16H2,(H,28,29,30). The molecule has 0 spiro atoms. The van der Waals surface area contributed by atoms with Crippen molar-refractivity contribution in [3.8, 4) is 22.9 Å². The molecule has 0 unspecified atom stereocenters. The van der Waals surface area contributed by atoms with Crippen molar-refractivity contribution in [1.29, 1.82) is 0 Å². The van der Waals surface area contributed by atoms with E-state index in [1.165, 1.54) is 37.5 Å². The largest absolute Gasteiger partial charge is 0.573 e. The molecule has 1 aliphatic rings. The molecule has 1 N–H and O–H groups in total. The molecule has 4 rings (SSSR count). The molecule has 0 bridgehead atoms. The van der Waals surface area contributed by atoms with Crippen molar-refractivity contribution in [1.82, 2.24) is 14.9 Å². The highest BCUT2D eigenvalue weighted by Gasteiger charge is 2.31. The third-order valence-electron chi connectivity index (χ3n) is 5.23. The first-order valence-corrected chi connectivity index (χ1v) is 10.9. The van der Waals surface area contributed by atoms with Crippen LogP contribution in [0.5, 0.6) is 11.5 Å². The number of rotatable bonds is 8. The van der Waals surface area contributed by atoms with Gasteiger partial charge in [-0.25, -0.2) is 9.97 Å². The fourth-order valence-corrected chi connectivity index (χ4v) is 3.66. The van der Waals surface area contributed by atoms with E-state index in [0.29, 0.717) is 18.0 Å². The van der Waals surface area contributed by atoms with E-state index in [1.54, 1.807) is 18.3 Å². The van der Waals surface area contributed by atoms with Gasteiger partial charge in [-0.15, -0.1) is 13.2 Å². The zero-order valence-electron chi connectivity index (χ0n) is 18.0. The highest BCUT2D eigenvalue weighted by molar-refractivity contribution is 5.62. The molecule has 0 amide bonds. The van der Waals surface area contributed by atoms with Crippen LogP contribution in [0.2, 0.25) is 0 Å². The van der Waals surface area contributed by atoms with Crippen molar-refractivity contribution < 1.29 is 22.6 Å². The van der Waals surface area contributed by atoms with Gasteiger partial charge in [0, 0.05) is 24.0 Å². The maximum atomic E-state index is 12.5. The molecule has 1 fully saturated rings. The maximum Gasteiger partial charge on any atom is 0.573 e. The summed E-state index contributed by atoms with van der Waals surface area (Å²) >= 11 is 0. The van der Waals surface area contributed by atoms with Crippen molar-refractivity contribution >= 4 is 11.5 Å². The van der Waals surface area contributed by atoms with E-state index in [0.717, 1.165) is 31.1 Å². The van der Waals surface area contributed by atoms with Crippen LogP contribution in [0.1, 0.15) is 19.3 Å². The summed E-state index contributed by atoms with van der Waals surface area (Å²) in [6.45, 7) is 3.87. The summed E-state index contributed by atoms with van der Waals surface area (Å²) in [7, 11) is 0. The summed E-state index contributed by atoms with van der Waals surface area (Å²) in [5.74, 6) is 1.27. The molecule has 0 atom stereocenters. The Kier molecular flexibility index (Phi) is 7.29. The molecule has 1 aromatic heterocycles. The number of hydrogen-bond donors (Lipinski definition) is 1. The van der Waals surface area contributed by atoms with Gasteiger partial charge in [-0.3, -0.25) is 4.90 Å². The third-order valence-corrected chi connectivity index (χ3v) is 5.23. The van der Waals surface area contributed by atoms with Gasteiger partial charge in [0.15, 0.2) is 5.82 Å². The topological polar surface area (TPSA) is 59.5 Å². The molecule has 0 saturated carbocycles. The molecular formula is C24H25F3N4O2. The second kappa shape index (κ2) is 10.5. The van der Waals surface area contributed by atoms with Crippen LogP contribution in [-0.2, 0) is 0 Å². The summed E-state index contributed by atoms with van der Waals surface area (Å²) < 4.78 is 47.3. The van der Waals surface area contributed by atoms with E-state index in [-0.39, 0.29) is 11.6 Å². The Bertz CT molecular complexity index is 1040. The highest BCUT2D eigenvalue weighted by Crippen LogP contribution is 2.27. The lowest BCUT2D eigenvalue weighted by Gasteiger charge is -2.26. The number of alkyl halides is 3. The number of benzene rings is 2. The Labute approximate surface area is 190 Å². The van der Waals surface area contributed by atoms with Crippen molar-refractivity contribution in [2.24, 2.45) is 0 Å². The molecule has 9 heteroatoms. The SMILES string of the molecule is FC(F)(F)Oc1cccc(-c2nccc(Nc3ccc(OCCN4CCCCC4)cc3)n2)c1. The van der Waals surface area contributed by atoms with Gasteiger partial charge in [0.05, 0.1) is 0 Å². The minimum absolute atomic E-state index is 0.283. The van der Waals surface area contributed by atoms with Gasteiger partial charge in [-0.1, -0.05) is 18.6 Å². The predicted octanol–water partition coefficient (Wildman–Crippen LogP) is 5.65. The van der Waals surface area contributed by atoms with Crippen LogP contribution in [0, 0.1) is 0 Å². The van der Waals surface area contributed by atoms with Crippen LogP contribution in [-0.4, -0.2) is 47.5 Å². The number of hydrogen-bond acceptors (Lipinski definition) is 6. The molecule has 33 heavy (non-hydrogen) atoms. The number of aromatic nitrogens is 2. The van der Waals surface area contributed by atoms with Crippen molar-refractivity contribution in [2.75, 3.05) is 31.6 Å². The van der Waals surface area contributed by atoms with Crippen molar-refractivity contribution in [2.45, 2.75) is 25.6 Å². The smallest absolute Gasteiger partial charge is 0.492 e. The summed E-state index contributed by atoms with van der Waals surface area (Å²) in [5.41, 5.74) is 1.22. The molecule has 2 heterocycles. The first kappa shape index (κ1) is 22.8. The highest BCUT2D eigenvalue weighted by atomic mass is 19.4. The zero-order chi connectivity index (χ0) is 23.1. The Hall–Kier alpha value is -3.33. The molecule has 6 nitrogen and oxygen atoms in total. The van der Waals surface area contributed by atoms with Crippen LogP contribution in [0.3, 0.4) is 0 Å². The lowest BCUT2D eigenvalue weighted by Crippen LogP contribution is -2.33. The fraction of sp³-hybridized carbons (Fsp3) is 0.333. The lowest BCUT2D eigenvalue weighted by atomic mass is 10.1. The maximum absolute atomic E-state index is 12.5. The second-order valence-electron chi connectivity index (χ2n) is 7.74. The van der Waals surface area contributed by atoms with Gasteiger partial charge < -0.3 is 14.8 Å². The van der Waals surface area contributed by atoms with Gasteiger partial charge in [-0.05, 0) is 68.4 Å². The van der Waals surface area contributed by atoms with Crippen molar-refractivity contribution in [3.05, 3.63) is 60.8 Å². The zero-order valence-corrected chi connectivity index (χ0v) is 18.0. The first-order valence-electron chi connectivity index (χ1n) is 10.9. The van der Waals surface area contributed by atoms with E-state index in [2.05, 4.69) is 24.9 Å². The minimum Gasteiger partial charge on any atom is -0.492 e. The summed E-state index contributed by atoms with van der Waals surface area (Å²) in [6.07, 6.45) is 0.626. The third kappa shape index (κ3) is 7.08. The van der Waals surface area contributed by atoms with E-state index < -0.39 is 6.36 Å². The monoisotopic (exact) mass is 458 g/mol. The van der Waals surface area contributed by atoms with Gasteiger partial charge in [0.1, 0.15) is 23.9 Å². The first-order chi connectivity index (χ1) is 15.9. The summed E-state index contributed by atoms with van der Waals surface area (Å²) in [5, 5.41) is 3.18. The number of ether oxygens (including phenoxy) is 2. The van der Waals surface area contributed by atoms with E-state index in [1.807, 2.05) is 24.3 Å². The number of nitrogens with one attached hydrogen (secondary N) is 1. The van der Waals surface area contributed by atoms with Crippen LogP contribution in [0.4, 0.5) is 24.7 Å². The number of piperidine rings is 1. The molecule has 1 saturated heterocycles. The Morgan fingerprint density at radius 2 is 1.73 bits per heavy atom. The molecule has 2 aromatic carbocycles. The average molecular weight is 458 g/mol. The van der Waals surface area contributed by atoms with Gasteiger partial charge in [0.2, 0.25) is 0 Å². The van der Waals surface area contributed by atoms with Gasteiger partial charge in [0.25, 0.3) is 0 Å². The minimum atomic E-state index is -4.76. The number of likely N-dealkylation sites (tertiary alicyclic amines) is 1. The molecule has 0 radical (unpaired) electrons. The average Bonchev–Trinajstić information content (AvgIpc) is 2.80. The predicted molar refractivity (Wildman–Crippen MR) is 120 cm³/mol. The number of halogens is 3. The molecule has 3 aromatic rings. The van der Waals surface area contributed by atoms with Crippen LogP contribution < -0.4 is 14.8 Å². The van der Waals surface area contributed by atoms with E-state index >= 15 is 0 Å². The van der Waals surface area contributed by atoms with Gasteiger partial charge >= 0.3 is 6.36 Å². The van der Waals surface area contributed by atoms with Crippen LogP contribution in [0.15, 0.2) is 60.8 Å². The molecule has 174 valence electrons. The van der Waals surface area contributed by atoms with Crippen molar-refractivity contribution in [3.63, 3.8) is 0 Å². The Balaban J connectivity index is 1.35. The molecular weight excluding hydrogens is 433 g/mol. The Morgan fingerprint density at radius 3 is 2.48 bits per heavy atom. The van der Waals surface area contributed by atoms with E-state index in [4.69, 9.17) is 4.74 Å². The quantitative estimate of drug-likeness (QED) is 0.471. The van der Waals surface area contributed by atoms with Crippen LogP contribution in [0.25, 0.3) is 11.4 Å². The number of nitrogens with zero attached hydrogens (tertiary/aromatic N) is 3. The summed E-state index contributed by atoms with van der Waals surface area (Å²) in [4.78, 5) is 11.0. The van der Waals surface area contributed by atoms with Crippen LogP contribution >= 0.6 is 0 Å². The second-order valence-corrected chi connectivity index (χ2v) is 7.74. The summed E-state index contributed by atoms with van der Waals surface area (Å²) in [6, 6.07) is 14.8. The molecule has 0 aliphatic carbocycles.